The summed E-state index contributed by atoms with van der Waals surface area (Å²) in [6, 6.07) is 5.15. The Morgan fingerprint density at radius 3 is 2.52 bits per heavy atom. The molecule has 1 unspecified atom stereocenters. The standard InChI is InChI=1S/C15H25N3O3/c1-5-17(6-2)11-12(3)16-10-13-7-14(18(19)20)9-15(8-13)21-4/h7-9,12,16H,5-6,10-11H2,1-4H3. The van der Waals surface area contributed by atoms with Crippen molar-refractivity contribution in [3.63, 3.8) is 0 Å². The van der Waals surface area contributed by atoms with Crippen molar-refractivity contribution in [3.05, 3.63) is 33.9 Å². The van der Waals surface area contributed by atoms with E-state index in [9.17, 15) is 10.1 Å². The average molecular weight is 295 g/mol. The smallest absolute Gasteiger partial charge is 0.273 e. The van der Waals surface area contributed by atoms with Crippen LogP contribution in [0.3, 0.4) is 0 Å². The number of rotatable bonds is 9. The number of methoxy groups -OCH3 is 1. The molecule has 0 radical (unpaired) electrons. The van der Waals surface area contributed by atoms with Crippen molar-refractivity contribution in [3.8, 4) is 5.75 Å². The van der Waals surface area contributed by atoms with E-state index >= 15 is 0 Å². The van der Waals surface area contributed by atoms with Crippen LogP contribution in [0.4, 0.5) is 5.69 Å². The Labute approximate surface area is 126 Å². The van der Waals surface area contributed by atoms with E-state index in [-0.39, 0.29) is 5.69 Å². The molecule has 0 saturated heterocycles. The fourth-order valence-corrected chi connectivity index (χ4v) is 2.19. The normalized spacial score (nSPS) is 12.4. The lowest BCUT2D eigenvalue weighted by molar-refractivity contribution is -0.385. The van der Waals surface area contributed by atoms with Crippen molar-refractivity contribution in [2.24, 2.45) is 0 Å². The third kappa shape index (κ3) is 5.69. The zero-order valence-electron chi connectivity index (χ0n) is 13.3. The molecule has 0 fully saturated rings. The number of nitro groups is 1. The first-order valence-electron chi connectivity index (χ1n) is 7.28. The maximum Gasteiger partial charge on any atom is 0.273 e. The van der Waals surface area contributed by atoms with Crippen LogP contribution >= 0.6 is 0 Å². The van der Waals surface area contributed by atoms with Crippen molar-refractivity contribution in [2.45, 2.75) is 33.4 Å². The zero-order chi connectivity index (χ0) is 15.8. The summed E-state index contributed by atoms with van der Waals surface area (Å²) in [5.74, 6) is 0.511. The maximum absolute atomic E-state index is 10.9. The van der Waals surface area contributed by atoms with Crippen LogP contribution in [-0.2, 0) is 6.54 Å². The molecule has 0 amide bonds. The van der Waals surface area contributed by atoms with E-state index in [0.717, 1.165) is 25.2 Å². The van der Waals surface area contributed by atoms with Gasteiger partial charge >= 0.3 is 0 Å². The Morgan fingerprint density at radius 2 is 2.00 bits per heavy atom. The molecule has 6 nitrogen and oxygen atoms in total. The molecule has 0 aliphatic carbocycles. The average Bonchev–Trinajstić information content (AvgIpc) is 2.50. The summed E-state index contributed by atoms with van der Waals surface area (Å²) in [6.45, 7) is 9.98. The number of nitrogens with one attached hydrogen (secondary N) is 1. The largest absolute Gasteiger partial charge is 0.496 e. The third-order valence-electron chi connectivity index (χ3n) is 3.48. The molecule has 0 bridgehead atoms. The topological polar surface area (TPSA) is 67.6 Å². The molecule has 6 heteroatoms. The second-order valence-corrected chi connectivity index (χ2v) is 5.06. The molecule has 0 aliphatic heterocycles. The first-order chi connectivity index (χ1) is 9.99. The van der Waals surface area contributed by atoms with Crippen molar-refractivity contribution < 1.29 is 9.66 Å². The monoisotopic (exact) mass is 295 g/mol. The van der Waals surface area contributed by atoms with E-state index in [1.807, 2.05) is 6.07 Å². The number of nitro benzene ring substituents is 1. The Kier molecular flexibility index (Phi) is 7.11. The molecule has 118 valence electrons. The molecule has 1 N–H and O–H groups in total. The van der Waals surface area contributed by atoms with Gasteiger partial charge in [-0.1, -0.05) is 13.8 Å². The summed E-state index contributed by atoms with van der Waals surface area (Å²) in [6.07, 6.45) is 0. The van der Waals surface area contributed by atoms with Crippen LogP contribution in [0, 0.1) is 10.1 Å². The van der Waals surface area contributed by atoms with Crippen molar-refractivity contribution in [1.82, 2.24) is 10.2 Å². The van der Waals surface area contributed by atoms with Crippen molar-refractivity contribution >= 4 is 5.69 Å². The van der Waals surface area contributed by atoms with Crippen LogP contribution in [-0.4, -0.2) is 42.6 Å². The molecule has 1 aromatic carbocycles. The molecular formula is C15H25N3O3. The molecule has 1 aromatic rings. The van der Waals surface area contributed by atoms with Crippen LogP contribution in [0.1, 0.15) is 26.3 Å². The van der Waals surface area contributed by atoms with Gasteiger partial charge in [0.1, 0.15) is 5.75 Å². The van der Waals surface area contributed by atoms with Crippen molar-refractivity contribution in [1.29, 1.82) is 0 Å². The molecule has 21 heavy (non-hydrogen) atoms. The minimum absolute atomic E-state index is 0.0579. The summed E-state index contributed by atoms with van der Waals surface area (Å²) >= 11 is 0. The number of ether oxygens (including phenoxy) is 1. The van der Waals surface area contributed by atoms with Gasteiger partial charge in [0.25, 0.3) is 5.69 Å². The summed E-state index contributed by atoms with van der Waals surface area (Å²) in [7, 11) is 1.51. The van der Waals surface area contributed by atoms with Gasteiger partial charge in [0, 0.05) is 25.2 Å². The fraction of sp³-hybridized carbons (Fsp3) is 0.600. The summed E-state index contributed by atoms with van der Waals surface area (Å²) < 4.78 is 5.11. The highest BCUT2D eigenvalue weighted by molar-refractivity contribution is 5.42. The van der Waals surface area contributed by atoms with E-state index in [0.29, 0.717) is 18.3 Å². The lowest BCUT2D eigenvalue weighted by Gasteiger charge is -2.23. The number of nitrogens with zero attached hydrogens (tertiary/aromatic N) is 2. The predicted molar refractivity (Wildman–Crippen MR) is 83.7 cm³/mol. The SMILES string of the molecule is CCN(CC)CC(C)NCc1cc(OC)cc([N+](=O)[O-])c1. The lowest BCUT2D eigenvalue weighted by Crippen LogP contribution is -2.38. The summed E-state index contributed by atoms with van der Waals surface area (Å²) in [5.41, 5.74) is 0.912. The number of hydrogen-bond donors (Lipinski definition) is 1. The van der Waals surface area contributed by atoms with Crippen LogP contribution in [0.25, 0.3) is 0 Å². The van der Waals surface area contributed by atoms with E-state index in [2.05, 4.69) is 31.0 Å². The molecule has 1 atom stereocenters. The molecule has 0 aromatic heterocycles. The number of hydrogen-bond acceptors (Lipinski definition) is 5. The first kappa shape index (κ1) is 17.4. The molecule has 0 spiro atoms. The van der Waals surface area contributed by atoms with E-state index in [1.165, 1.54) is 13.2 Å². The molecule has 0 aliphatic rings. The quantitative estimate of drug-likeness (QED) is 0.560. The van der Waals surface area contributed by atoms with Gasteiger partial charge in [0.05, 0.1) is 18.1 Å². The van der Waals surface area contributed by atoms with E-state index in [1.54, 1.807) is 6.07 Å². The van der Waals surface area contributed by atoms with Crippen LogP contribution in [0.5, 0.6) is 5.75 Å². The first-order valence-corrected chi connectivity index (χ1v) is 7.28. The summed E-state index contributed by atoms with van der Waals surface area (Å²) in [4.78, 5) is 12.8. The second-order valence-electron chi connectivity index (χ2n) is 5.06. The van der Waals surface area contributed by atoms with Crippen LogP contribution in [0.2, 0.25) is 0 Å². The highest BCUT2D eigenvalue weighted by Gasteiger charge is 2.11. The maximum atomic E-state index is 10.9. The summed E-state index contributed by atoms with van der Waals surface area (Å²) in [5, 5.41) is 14.3. The Morgan fingerprint density at radius 1 is 1.33 bits per heavy atom. The minimum atomic E-state index is -0.397. The highest BCUT2D eigenvalue weighted by atomic mass is 16.6. The zero-order valence-corrected chi connectivity index (χ0v) is 13.3. The number of non-ortho nitro benzene ring substituents is 1. The van der Waals surface area contributed by atoms with Gasteiger partial charge in [-0.25, -0.2) is 0 Å². The van der Waals surface area contributed by atoms with Gasteiger partial charge in [0.15, 0.2) is 0 Å². The van der Waals surface area contributed by atoms with E-state index in [4.69, 9.17) is 4.74 Å². The Bertz CT molecular complexity index is 461. The van der Waals surface area contributed by atoms with Crippen LogP contribution < -0.4 is 10.1 Å². The number of benzene rings is 1. The van der Waals surface area contributed by atoms with E-state index < -0.39 is 4.92 Å². The third-order valence-corrected chi connectivity index (χ3v) is 3.48. The van der Waals surface area contributed by atoms with Gasteiger partial charge in [-0.05, 0) is 31.6 Å². The van der Waals surface area contributed by atoms with Gasteiger partial charge in [-0.2, -0.15) is 0 Å². The predicted octanol–water partition coefficient (Wildman–Crippen LogP) is 2.42. The highest BCUT2D eigenvalue weighted by Crippen LogP contribution is 2.22. The van der Waals surface area contributed by atoms with Gasteiger partial charge in [-0.3, -0.25) is 10.1 Å². The van der Waals surface area contributed by atoms with Crippen molar-refractivity contribution in [2.75, 3.05) is 26.7 Å². The number of likely N-dealkylation sites (N-methyl/N-ethyl adjacent to an activating group) is 1. The fourth-order valence-electron chi connectivity index (χ4n) is 2.19. The molecule has 0 saturated carbocycles. The minimum Gasteiger partial charge on any atom is -0.496 e. The lowest BCUT2D eigenvalue weighted by atomic mass is 10.1. The molecular weight excluding hydrogens is 270 g/mol. The second kappa shape index (κ2) is 8.59. The Balaban J connectivity index is 2.66. The van der Waals surface area contributed by atoms with Gasteiger partial charge < -0.3 is 15.0 Å². The van der Waals surface area contributed by atoms with Gasteiger partial charge in [-0.15, -0.1) is 0 Å². The van der Waals surface area contributed by atoms with Gasteiger partial charge in [0.2, 0.25) is 0 Å². The van der Waals surface area contributed by atoms with Crippen LogP contribution in [0.15, 0.2) is 18.2 Å². The molecule has 0 heterocycles. The molecule has 1 rings (SSSR count). The Hall–Kier alpha value is -1.66.